The number of ether oxygens (including phenoxy) is 1. The Morgan fingerprint density at radius 2 is 1.68 bits per heavy atom. The summed E-state index contributed by atoms with van der Waals surface area (Å²) in [6.45, 7) is 0.307. The van der Waals surface area contributed by atoms with Crippen LogP contribution in [0.25, 0.3) is 0 Å². The van der Waals surface area contributed by atoms with Gasteiger partial charge in [0, 0.05) is 36.0 Å². The summed E-state index contributed by atoms with van der Waals surface area (Å²) in [4.78, 5) is 15.0. The van der Waals surface area contributed by atoms with Crippen LogP contribution in [0.2, 0.25) is 10.0 Å². The Kier molecular flexibility index (Phi) is 5.41. The summed E-state index contributed by atoms with van der Waals surface area (Å²) >= 11 is 11.7. The Bertz CT molecular complexity index is 526. The Hall–Kier alpha value is -1.18. The van der Waals surface area contributed by atoms with Gasteiger partial charge < -0.3 is 9.57 Å². The fraction of sp³-hybridized carbons (Fsp3) is 0.462. The summed E-state index contributed by atoms with van der Waals surface area (Å²) in [5.41, 5.74) is 0. The molecule has 122 valence electrons. The lowest BCUT2D eigenvalue weighted by Gasteiger charge is -2.30. The second-order valence-corrected chi connectivity index (χ2v) is 5.60. The van der Waals surface area contributed by atoms with Crippen LogP contribution >= 0.6 is 23.2 Å². The topological polar surface area (TPSA) is 38.8 Å². The highest BCUT2D eigenvalue weighted by molar-refractivity contribution is 6.34. The van der Waals surface area contributed by atoms with Crippen LogP contribution in [0.3, 0.4) is 0 Å². The van der Waals surface area contributed by atoms with Gasteiger partial charge in [0.15, 0.2) is 0 Å². The van der Waals surface area contributed by atoms with E-state index in [4.69, 9.17) is 27.9 Å². The number of carbonyl (C=O) groups is 1. The van der Waals surface area contributed by atoms with Gasteiger partial charge in [-0.15, -0.1) is 5.06 Å². The molecule has 0 radical (unpaired) electrons. The molecule has 0 amide bonds. The molecule has 0 spiro atoms. The van der Waals surface area contributed by atoms with Gasteiger partial charge in [-0.05, 0) is 18.2 Å². The standard InChI is InChI=1S/C13H12Cl2F3NO3/c14-8-5-9(15)7-11(6-8)21-10-1-3-19(4-2-10)22-12(20)13(16,17)18/h5-7,10H,1-4H2. The van der Waals surface area contributed by atoms with Crippen molar-refractivity contribution >= 4 is 29.2 Å². The van der Waals surface area contributed by atoms with Crippen LogP contribution in [0.4, 0.5) is 13.2 Å². The van der Waals surface area contributed by atoms with Gasteiger partial charge >= 0.3 is 12.1 Å². The molecule has 0 saturated carbocycles. The molecule has 1 aliphatic heterocycles. The zero-order chi connectivity index (χ0) is 16.3. The molecule has 1 aliphatic rings. The molecule has 9 heteroatoms. The molecular weight excluding hydrogens is 346 g/mol. The van der Waals surface area contributed by atoms with Crippen molar-refractivity contribution < 1.29 is 27.5 Å². The number of hydroxylamine groups is 2. The highest BCUT2D eigenvalue weighted by Gasteiger charge is 2.43. The molecule has 0 unspecified atom stereocenters. The molecule has 1 aromatic carbocycles. The van der Waals surface area contributed by atoms with Crippen LogP contribution in [0.15, 0.2) is 18.2 Å². The van der Waals surface area contributed by atoms with Crippen molar-refractivity contribution in [1.82, 2.24) is 5.06 Å². The lowest BCUT2D eigenvalue weighted by atomic mass is 10.1. The number of carbonyl (C=O) groups excluding carboxylic acids is 1. The van der Waals surface area contributed by atoms with Crippen LogP contribution in [0.5, 0.6) is 5.75 Å². The molecule has 1 fully saturated rings. The number of hydrogen-bond acceptors (Lipinski definition) is 4. The van der Waals surface area contributed by atoms with Gasteiger partial charge in [-0.2, -0.15) is 13.2 Å². The van der Waals surface area contributed by atoms with Crippen molar-refractivity contribution in [2.75, 3.05) is 13.1 Å². The number of nitrogens with zero attached hydrogens (tertiary/aromatic N) is 1. The minimum absolute atomic E-state index is 0.154. The van der Waals surface area contributed by atoms with Crippen LogP contribution in [-0.2, 0) is 9.63 Å². The molecule has 2 rings (SSSR count). The van der Waals surface area contributed by atoms with Gasteiger partial charge in [-0.3, -0.25) is 0 Å². The third-order valence-electron chi connectivity index (χ3n) is 2.98. The van der Waals surface area contributed by atoms with E-state index in [-0.39, 0.29) is 19.2 Å². The summed E-state index contributed by atoms with van der Waals surface area (Å²) in [7, 11) is 0. The van der Waals surface area contributed by atoms with Crippen molar-refractivity contribution in [1.29, 1.82) is 0 Å². The van der Waals surface area contributed by atoms with Crippen molar-refractivity contribution in [2.45, 2.75) is 25.1 Å². The quantitative estimate of drug-likeness (QED) is 0.823. The minimum Gasteiger partial charge on any atom is -0.490 e. The summed E-state index contributed by atoms with van der Waals surface area (Å²) < 4.78 is 42.0. The second-order valence-electron chi connectivity index (χ2n) is 4.73. The van der Waals surface area contributed by atoms with Gasteiger partial charge in [0.1, 0.15) is 11.9 Å². The van der Waals surface area contributed by atoms with E-state index in [9.17, 15) is 18.0 Å². The number of hydrogen-bond donors (Lipinski definition) is 0. The molecular formula is C13H12Cl2F3NO3. The first-order valence-corrected chi connectivity index (χ1v) is 7.16. The average molecular weight is 358 g/mol. The van der Waals surface area contributed by atoms with Crippen molar-refractivity contribution in [3.63, 3.8) is 0 Å². The first-order valence-electron chi connectivity index (χ1n) is 6.41. The summed E-state index contributed by atoms with van der Waals surface area (Å²) in [6, 6.07) is 4.77. The molecule has 1 aromatic rings. The van der Waals surface area contributed by atoms with Gasteiger partial charge in [-0.25, -0.2) is 4.79 Å². The second kappa shape index (κ2) is 6.93. The number of piperidine rings is 1. The Balaban J connectivity index is 1.83. The summed E-state index contributed by atoms with van der Waals surface area (Å²) in [5, 5.41) is 1.85. The van der Waals surface area contributed by atoms with E-state index in [0.717, 1.165) is 5.06 Å². The van der Waals surface area contributed by atoms with E-state index >= 15 is 0 Å². The van der Waals surface area contributed by atoms with E-state index in [1.807, 2.05) is 0 Å². The number of benzene rings is 1. The van der Waals surface area contributed by atoms with E-state index in [0.29, 0.717) is 28.6 Å². The smallest absolute Gasteiger partial charge is 0.490 e. The molecule has 0 aliphatic carbocycles. The van der Waals surface area contributed by atoms with Gasteiger partial charge in [-0.1, -0.05) is 23.2 Å². The molecule has 0 atom stereocenters. The average Bonchev–Trinajstić information content (AvgIpc) is 2.38. The maximum absolute atomic E-state index is 12.1. The van der Waals surface area contributed by atoms with Crippen LogP contribution < -0.4 is 4.74 Å². The van der Waals surface area contributed by atoms with Gasteiger partial charge in [0.25, 0.3) is 0 Å². The van der Waals surface area contributed by atoms with Gasteiger partial charge in [0.05, 0.1) is 0 Å². The third kappa shape index (κ3) is 4.93. The van der Waals surface area contributed by atoms with Crippen molar-refractivity contribution in [3.8, 4) is 5.75 Å². The van der Waals surface area contributed by atoms with Crippen LogP contribution in [0, 0.1) is 0 Å². The molecule has 0 N–H and O–H groups in total. The maximum atomic E-state index is 12.1. The highest BCUT2D eigenvalue weighted by atomic mass is 35.5. The number of rotatable bonds is 3. The Labute approximate surface area is 134 Å². The molecule has 1 saturated heterocycles. The van der Waals surface area contributed by atoms with Crippen molar-refractivity contribution in [3.05, 3.63) is 28.2 Å². The normalized spacial score (nSPS) is 17.3. The molecule has 1 heterocycles. The maximum Gasteiger partial charge on any atom is 0.492 e. The SMILES string of the molecule is O=C(ON1CCC(Oc2cc(Cl)cc(Cl)c2)CC1)C(F)(F)F. The molecule has 22 heavy (non-hydrogen) atoms. The van der Waals surface area contributed by atoms with E-state index in [1.165, 1.54) is 0 Å². The minimum atomic E-state index is -5.00. The highest BCUT2D eigenvalue weighted by Crippen LogP contribution is 2.27. The first-order chi connectivity index (χ1) is 10.2. The van der Waals surface area contributed by atoms with E-state index in [2.05, 4.69) is 4.84 Å². The first kappa shape index (κ1) is 17.2. The lowest BCUT2D eigenvalue weighted by Crippen LogP contribution is -2.42. The predicted octanol–water partition coefficient (Wildman–Crippen LogP) is 3.86. The zero-order valence-corrected chi connectivity index (χ0v) is 12.7. The van der Waals surface area contributed by atoms with E-state index < -0.39 is 12.1 Å². The van der Waals surface area contributed by atoms with Crippen LogP contribution in [0.1, 0.15) is 12.8 Å². The molecule has 0 bridgehead atoms. The molecule has 0 aromatic heterocycles. The largest absolute Gasteiger partial charge is 0.492 e. The predicted molar refractivity (Wildman–Crippen MR) is 73.8 cm³/mol. The number of alkyl halides is 3. The number of halogens is 5. The fourth-order valence-corrected chi connectivity index (χ4v) is 2.51. The Morgan fingerprint density at radius 1 is 1.14 bits per heavy atom. The van der Waals surface area contributed by atoms with Crippen molar-refractivity contribution in [2.24, 2.45) is 0 Å². The van der Waals surface area contributed by atoms with E-state index in [1.54, 1.807) is 18.2 Å². The van der Waals surface area contributed by atoms with Gasteiger partial charge in [0.2, 0.25) is 0 Å². The van der Waals surface area contributed by atoms with Crippen LogP contribution in [-0.4, -0.2) is 36.4 Å². The monoisotopic (exact) mass is 357 g/mol. The molecule has 4 nitrogen and oxygen atoms in total. The fourth-order valence-electron chi connectivity index (χ4n) is 2.00. The summed E-state index contributed by atoms with van der Waals surface area (Å²) in [5.74, 6) is -1.73. The lowest BCUT2D eigenvalue weighted by molar-refractivity contribution is -0.243. The Morgan fingerprint density at radius 3 is 2.18 bits per heavy atom. The summed E-state index contributed by atoms with van der Waals surface area (Å²) in [6.07, 6.45) is -4.38. The zero-order valence-electron chi connectivity index (χ0n) is 11.2. The third-order valence-corrected chi connectivity index (χ3v) is 3.42.